The SMILES string of the molecule is CC1(CNCc2cccc3cnccc23)CCCC1. The van der Waals surface area contributed by atoms with Crippen molar-refractivity contribution in [3.05, 3.63) is 42.2 Å². The molecule has 100 valence electrons. The van der Waals surface area contributed by atoms with Crippen LogP contribution in [0.3, 0.4) is 0 Å². The number of rotatable bonds is 4. The van der Waals surface area contributed by atoms with E-state index in [9.17, 15) is 0 Å². The maximum atomic E-state index is 4.19. The second-order valence-corrected chi connectivity index (χ2v) is 6.14. The van der Waals surface area contributed by atoms with E-state index in [1.165, 1.54) is 42.0 Å². The molecule has 1 aromatic heterocycles. The number of aromatic nitrogens is 1. The number of hydrogen-bond acceptors (Lipinski definition) is 2. The van der Waals surface area contributed by atoms with Crippen LogP contribution in [0.2, 0.25) is 0 Å². The highest BCUT2D eigenvalue weighted by Crippen LogP contribution is 2.36. The van der Waals surface area contributed by atoms with Crippen LogP contribution in [0, 0.1) is 5.41 Å². The molecule has 0 bridgehead atoms. The van der Waals surface area contributed by atoms with Crippen LogP contribution in [0.25, 0.3) is 10.8 Å². The van der Waals surface area contributed by atoms with Gasteiger partial charge < -0.3 is 5.32 Å². The third-order valence-electron chi connectivity index (χ3n) is 4.45. The molecular formula is C17H22N2. The fraction of sp³-hybridized carbons (Fsp3) is 0.471. The molecule has 1 aromatic carbocycles. The third-order valence-corrected chi connectivity index (χ3v) is 4.45. The van der Waals surface area contributed by atoms with Gasteiger partial charge in [-0.1, -0.05) is 38.0 Å². The Morgan fingerprint density at radius 2 is 2.05 bits per heavy atom. The number of nitrogens with one attached hydrogen (secondary N) is 1. The molecule has 1 N–H and O–H groups in total. The van der Waals surface area contributed by atoms with Gasteiger partial charge in [0.2, 0.25) is 0 Å². The minimum absolute atomic E-state index is 0.520. The predicted octanol–water partition coefficient (Wildman–Crippen LogP) is 3.90. The van der Waals surface area contributed by atoms with E-state index >= 15 is 0 Å². The molecule has 0 aliphatic heterocycles. The molecular weight excluding hydrogens is 232 g/mol. The van der Waals surface area contributed by atoms with E-state index in [0.717, 1.165) is 13.1 Å². The van der Waals surface area contributed by atoms with Crippen molar-refractivity contribution in [3.8, 4) is 0 Å². The number of pyridine rings is 1. The molecule has 2 heteroatoms. The average molecular weight is 254 g/mol. The van der Waals surface area contributed by atoms with Gasteiger partial charge in [-0.05, 0) is 35.3 Å². The van der Waals surface area contributed by atoms with Crippen LogP contribution in [0.4, 0.5) is 0 Å². The van der Waals surface area contributed by atoms with E-state index in [-0.39, 0.29) is 0 Å². The van der Waals surface area contributed by atoms with Gasteiger partial charge in [0.05, 0.1) is 0 Å². The number of nitrogens with zero attached hydrogens (tertiary/aromatic N) is 1. The van der Waals surface area contributed by atoms with Crippen LogP contribution in [-0.4, -0.2) is 11.5 Å². The Hall–Kier alpha value is -1.41. The molecule has 3 rings (SSSR count). The van der Waals surface area contributed by atoms with Crippen LogP contribution in [0.5, 0.6) is 0 Å². The van der Waals surface area contributed by atoms with Crippen LogP contribution in [0.1, 0.15) is 38.2 Å². The average Bonchev–Trinajstić information content (AvgIpc) is 2.86. The Bertz CT molecular complexity index is 551. The smallest absolute Gasteiger partial charge is 0.0346 e. The Kier molecular flexibility index (Phi) is 3.52. The van der Waals surface area contributed by atoms with Crippen molar-refractivity contribution >= 4 is 10.8 Å². The lowest BCUT2D eigenvalue weighted by Gasteiger charge is -2.24. The second-order valence-electron chi connectivity index (χ2n) is 6.14. The molecule has 19 heavy (non-hydrogen) atoms. The van der Waals surface area contributed by atoms with Gasteiger partial charge in [0.1, 0.15) is 0 Å². The predicted molar refractivity (Wildman–Crippen MR) is 80.0 cm³/mol. The summed E-state index contributed by atoms with van der Waals surface area (Å²) in [5.74, 6) is 0. The molecule has 0 amide bonds. The zero-order valence-corrected chi connectivity index (χ0v) is 11.7. The Balaban J connectivity index is 1.68. The summed E-state index contributed by atoms with van der Waals surface area (Å²) >= 11 is 0. The molecule has 2 aromatic rings. The zero-order chi connectivity index (χ0) is 13.1. The van der Waals surface area contributed by atoms with Crippen molar-refractivity contribution in [2.75, 3.05) is 6.54 Å². The molecule has 0 saturated heterocycles. The molecule has 0 atom stereocenters. The lowest BCUT2D eigenvalue weighted by Crippen LogP contribution is -2.29. The first-order chi connectivity index (χ1) is 9.27. The molecule has 0 spiro atoms. The Labute approximate surface area is 115 Å². The van der Waals surface area contributed by atoms with Gasteiger partial charge in [-0.2, -0.15) is 0 Å². The molecule has 1 aliphatic carbocycles. The first kappa shape index (κ1) is 12.6. The van der Waals surface area contributed by atoms with Gasteiger partial charge >= 0.3 is 0 Å². The van der Waals surface area contributed by atoms with E-state index in [2.05, 4.69) is 41.5 Å². The lowest BCUT2D eigenvalue weighted by molar-refractivity contribution is 0.315. The summed E-state index contributed by atoms with van der Waals surface area (Å²) in [6.07, 6.45) is 9.37. The number of fused-ring (bicyclic) bond motifs is 1. The Morgan fingerprint density at radius 3 is 2.89 bits per heavy atom. The highest BCUT2D eigenvalue weighted by Gasteiger charge is 2.27. The molecule has 1 heterocycles. The minimum atomic E-state index is 0.520. The molecule has 0 radical (unpaired) electrons. The number of benzene rings is 1. The molecule has 1 saturated carbocycles. The lowest BCUT2D eigenvalue weighted by atomic mass is 9.89. The van der Waals surface area contributed by atoms with Gasteiger partial charge in [-0.3, -0.25) is 4.98 Å². The minimum Gasteiger partial charge on any atom is -0.312 e. The summed E-state index contributed by atoms with van der Waals surface area (Å²) in [6.45, 7) is 4.51. The van der Waals surface area contributed by atoms with Crippen LogP contribution in [0.15, 0.2) is 36.7 Å². The van der Waals surface area contributed by atoms with Crippen LogP contribution >= 0.6 is 0 Å². The van der Waals surface area contributed by atoms with Gasteiger partial charge in [-0.25, -0.2) is 0 Å². The van der Waals surface area contributed by atoms with Crippen molar-refractivity contribution in [2.45, 2.75) is 39.2 Å². The normalized spacial score (nSPS) is 17.9. The van der Waals surface area contributed by atoms with Crippen molar-refractivity contribution in [2.24, 2.45) is 5.41 Å². The Morgan fingerprint density at radius 1 is 1.21 bits per heavy atom. The van der Waals surface area contributed by atoms with Crippen molar-refractivity contribution in [3.63, 3.8) is 0 Å². The molecule has 1 aliphatic rings. The quantitative estimate of drug-likeness (QED) is 0.895. The standard InChI is InChI=1S/C17H22N2/c1-17(8-2-3-9-17)13-19-12-15-6-4-5-14-11-18-10-7-16(14)15/h4-7,10-11,19H,2-3,8-9,12-13H2,1H3. The summed E-state index contributed by atoms with van der Waals surface area (Å²) in [5.41, 5.74) is 1.90. The van der Waals surface area contributed by atoms with E-state index in [1.54, 1.807) is 0 Å². The maximum absolute atomic E-state index is 4.19. The van der Waals surface area contributed by atoms with Gasteiger partial charge in [0.15, 0.2) is 0 Å². The first-order valence-corrected chi connectivity index (χ1v) is 7.29. The summed E-state index contributed by atoms with van der Waals surface area (Å²) in [5, 5.41) is 6.21. The fourth-order valence-corrected chi connectivity index (χ4v) is 3.25. The third kappa shape index (κ3) is 2.79. The summed E-state index contributed by atoms with van der Waals surface area (Å²) in [7, 11) is 0. The van der Waals surface area contributed by atoms with E-state index in [0.29, 0.717) is 5.41 Å². The van der Waals surface area contributed by atoms with Crippen molar-refractivity contribution in [1.29, 1.82) is 0 Å². The van der Waals surface area contributed by atoms with Crippen LogP contribution in [-0.2, 0) is 6.54 Å². The van der Waals surface area contributed by atoms with Gasteiger partial charge in [-0.15, -0.1) is 0 Å². The van der Waals surface area contributed by atoms with Crippen molar-refractivity contribution in [1.82, 2.24) is 10.3 Å². The van der Waals surface area contributed by atoms with E-state index in [1.807, 2.05) is 12.4 Å². The second kappa shape index (κ2) is 5.30. The first-order valence-electron chi connectivity index (χ1n) is 7.29. The molecule has 2 nitrogen and oxygen atoms in total. The van der Waals surface area contributed by atoms with Crippen LogP contribution < -0.4 is 5.32 Å². The maximum Gasteiger partial charge on any atom is 0.0346 e. The van der Waals surface area contributed by atoms with Crippen molar-refractivity contribution < 1.29 is 0 Å². The highest BCUT2D eigenvalue weighted by atomic mass is 14.9. The van der Waals surface area contributed by atoms with Gasteiger partial charge in [0, 0.05) is 30.9 Å². The number of hydrogen-bond donors (Lipinski definition) is 1. The summed E-state index contributed by atoms with van der Waals surface area (Å²) < 4.78 is 0. The van der Waals surface area contributed by atoms with Gasteiger partial charge in [0.25, 0.3) is 0 Å². The molecule has 1 fully saturated rings. The summed E-state index contributed by atoms with van der Waals surface area (Å²) in [4.78, 5) is 4.19. The molecule has 0 unspecified atom stereocenters. The fourth-order valence-electron chi connectivity index (χ4n) is 3.25. The topological polar surface area (TPSA) is 24.9 Å². The zero-order valence-electron chi connectivity index (χ0n) is 11.7. The van der Waals surface area contributed by atoms with E-state index < -0.39 is 0 Å². The largest absolute Gasteiger partial charge is 0.312 e. The van der Waals surface area contributed by atoms with E-state index in [4.69, 9.17) is 0 Å². The summed E-state index contributed by atoms with van der Waals surface area (Å²) in [6, 6.07) is 8.58. The highest BCUT2D eigenvalue weighted by molar-refractivity contribution is 5.84. The monoisotopic (exact) mass is 254 g/mol.